The van der Waals surface area contributed by atoms with Gasteiger partial charge >= 0.3 is 0 Å². The first-order chi connectivity index (χ1) is 6.54. The van der Waals surface area contributed by atoms with Crippen molar-refractivity contribution in [1.29, 1.82) is 0 Å². The van der Waals surface area contributed by atoms with E-state index in [4.69, 9.17) is 0 Å². The summed E-state index contributed by atoms with van der Waals surface area (Å²) in [5.74, 6) is 0. The van der Waals surface area contributed by atoms with Crippen LogP contribution in [0.3, 0.4) is 0 Å². The van der Waals surface area contributed by atoms with Crippen LogP contribution in [-0.4, -0.2) is 50.3 Å². The molecule has 0 aliphatic heterocycles. The van der Waals surface area contributed by atoms with E-state index in [0.29, 0.717) is 0 Å². The Bertz CT molecular complexity index is 133. The van der Waals surface area contributed by atoms with Crippen LogP contribution >= 0.6 is 0 Å². The van der Waals surface area contributed by atoms with E-state index in [1.165, 1.54) is 0 Å². The van der Waals surface area contributed by atoms with Crippen molar-refractivity contribution in [3.63, 3.8) is 0 Å². The third-order valence-electron chi connectivity index (χ3n) is 2.75. The highest BCUT2D eigenvalue weighted by atomic mass is 16.3. The van der Waals surface area contributed by atoms with Crippen LogP contribution in [0.1, 0.15) is 26.7 Å². The third kappa shape index (κ3) is 6.35. The smallest absolute Gasteiger partial charge is 0.0496 e. The standard InChI is InChI=1S/C11H26N2O/c1-5-11(2,10-14)9-12-7-6-8-13(3)4/h12,14H,5-10H2,1-4H3. The summed E-state index contributed by atoms with van der Waals surface area (Å²) in [4.78, 5) is 2.19. The van der Waals surface area contributed by atoms with Gasteiger partial charge < -0.3 is 15.3 Å². The zero-order valence-corrected chi connectivity index (χ0v) is 10.1. The second-order valence-corrected chi connectivity index (χ2v) is 4.66. The van der Waals surface area contributed by atoms with E-state index >= 15 is 0 Å². The van der Waals surface area contributed by atoms with Gasteiger partial charge in [0.25, 0.3) is 0 Å². The van der Waals surface area contributed by atoms with Crippen molar-refractivity contribution in [3.05, 3.63) is 0 Å². The zero-order chi connectivity index (χ0) is 11.0. The molecule has 0 heterocycles. The largest absolute Gasteiger partial charge is 0.396 e. The highest BCUT2D eigenvalue weighted by Crippen LogP contribution is 2.17. The molecule has 2 N–H and O–H groups in total. The minimum absolute atomic E-state index is 0.0537. The predicted molar refractivity (Wildman–Crippen MR) is 61.5 cm³/mol. The Morgan fingerprint density at radius 3 is 2.43 bits per heavy atom. The fourth-order valence-electron chi connectivity index (χ4n) is 1.20. The lowest BCUT2D eigenvalue weighted by atomic mass is 9.89. The maximum absolute atomic E-state index is 9.18. The summed E-state index contributed by atoms with van der Waals surface area (Å²) in [6.07, 6.45) is 2.18. The van der Waals surface area contributed by atoms with Crippen molar-refractivity contribution in [3.8, 4) is 0 Å². The van der Waals surface area contributed by atoms with Gasteiger partial charge in [-0.25, -0.2) is 0 Å². The van der Waals surface area contributed by atoms with Crippen LogP contribution in [0.15, 0.2) is 0 Å². The molecule has 1 atom stereocenters. The van der Waals surface area contributed by atoms with Crippen molar-refractivity contribution < 1.29 is 5.11 Å². The van der Waals surface area contributed by atoms with E-state index in [2.05, 4.69) is 38.2 Å². The Morgan fingerprint density at radius 2 is 2.00 bits per heavy atom. The summed E-state index contributed by atoms with van der Waals surface area (Å²) in [7, 11) is 4.17. The van der Waals surface area contributed by atoms with Crippen LogP contribution in [0.2, 0.25) is 0 Å². The molecule has 0 rings (SSSR count). The van der Waals surface area contributed by atoms with Crippen molar-refractivity contribution in [2.24, 2.45) is 5.41 Å². The second-order valence-electron chi connectivity index (χ2n) is 4.66. The lowest BCUT2D eigenvalue weighted by Gasteiger charge is -2.26. The van der Waals surface area contributed by atoms with Crippen LogP contribution < -0.4 is 5.32 Å². The lowest BCUT2D eigenvalue weighted by Crippen LogP contribution is -2.35. The maximum Gasteiger partial charge on any atom is 0.0496 e. The molecule has 0 aliphatic rings. The quantitative estimate of drug-likeness (QED) is 0.575. The normalized spacial score (nSPS) is 15.9. The van der Waals surface area contributed by atoms with Gasteiger partial charge in [0, 0.05) is 18.6 Å². The van der Waals surface area contributed by atoms with Crippen molar-refractivity contribution in [1.82, 2.24) is 10.2 Å². The highest BCUT2D eigenvalue weighted by molar-refractivity contribution is 4.73. The topological polar surface area (TPSA) is 35.5 Å². The van der Waals surface area contributed by atoms with Crippen LogP contribution in [0.4, 0.5) is 0 Å². The molecule has 0 aromatic heterocycles. The van der Waals surface area contributed by atoms with Crippen LogP contribution in [-0.2, 0) is 0 Å². The Morgan fingerprint density at radius 1 is 1.36 bits per heavy atom. The molecule has 0 aromatic carbocycles. The average Bonchev–Trinajstić information content (AvgIpc) is 2.16. The molecule has 14 heavy (non-hydrogen) atoms. The molecule has 0 aliphatic carbocycles. The molecule has 0 fully saturated rings. The first-order valence-corrected chi connectivity index (χ1v) is 5.50. The van der Waals surface area contributed by atoms with E-state index in [9.17, 15) is 5.11 Å². The summed E-state index contributed by atoms with van der Waals surface area (Å²) in [5, 5.41) is 12.6. The van der Waals surface area contributed by atoms with Crippen molar-refractivity contribution in [2.75, 3.05) is 40.3 Å². The Kier molecular flexibility index (Phi) is 7.15. The molecule has 0 saturated carbocycles. The van der Waals surface area contributed by atoms with E-state index in [0.717, 1.165) is 32.5 Å². The van der Waals surface area contributed by atoms with Gasteiger partial charge in [0.15, 0.2) is 0 Å². The van der Waals surface area contributed by atoms with E-state index in [1.54, 1.807) is 0 Å². The fourth-order valence-corrected chi connectivity index (χ4v) is 1.20. The van der Waals surface area contributed by atoms with Crippen LogP contribution in [0.25, 0.3) is 0 Å². The molecular weight excluding hydrogens is 176 g/mol. The minimum Gasteiger partial charge on any atom is -0.396 e. The van der Waals surface area contributed by atoms with Crippen molar-refractivity contribution in [2.45, 2.75) is 26.7 Å². The molecular formula is C11H26N2O. The van der Waals surface area contributed by atoms with Gasteiger partial charge in [-0.1, -0.05) is 13.8 Å². The SMILES string of the molecule is CCC(C)(CO)CNCCCN(C)C. The van der Waals surface area contributed by atoms with Crippen LogP contribution in [0.5, 0.6) is 0 Å². The Hall–Kier alpha value is -0.120. The van der Waals surface area contributed by atoms with Gasteiger partial charge in [0.05, 0.1) is 0 Å². The molecule has 3 nitrogen and oxygen atoms in total. The summed E-state index contributed by atoms with van der Waals surface area (Å²) in [6.45, 7) is 7.57. The van der Waals surface area contributed by atoms with E-state index in [1.807, 2.05) is 0 Å². The van der Waals surface area contributed by atoms with Gasteiger partial charge in [-0.15, -0.1) is 0 Å². The summed E-state index contributed by atoms with van der Waals surface area (Å²) >= 11 is 0. The fraction of sp³-hybridized carbons (Fsp3) is 1.00. The maximum atomic E-state index is 9.18. The van der Waals surface area contributed by atoms with Crippen molar-refractivity contribution >= 4 is 0 Å². The summed E-state index contributed by atoms with van der Waals surface area (Å²) in [6, 6.07) is 0. The molecule has 0 saturated heterocycles. The lowest BCUT2D eigenvalue weighted by molar-refractivity contribution is 0.135. The highest BCUT2D eigenvalue weighted by Gasteiger charge is 2.19. The number of nitrogens with zero attached hydrogens (tertiary/aromatic N) is 1. The Balaban J connectivity index is 3.43. The molecule has 0 aromatic rings. The first kappa shape index (κ1) is 13.9. The molecule has 86 valence electrons. The molecule has 0 bridgehead atoms. The molecule has 0 spiro atoms. The predicted octanol–water partition coefficient (Wildman–Crippen LogP) is 0.936. The first-order valence-electron chi connectivity index (χ1n) is 5.50. The van der Waals surface area contributed by atoms with Crippen LogP contribution in [0, 0.1) is 5.41 Å². The number of aliphatic hydroxyl groups is 1. The number of nitrogens with one attached hydrogen (secondary N) is 1. The zero-order valence-electron chi connectivity index (χ0n) is 10.1. The van der Waals surface area contributed by atoms with Gasteiger partial charge in [-0.2, -0.15) is 0 Å². The number of hydrogen-bond acceptors (Lipinski definition) is 3. The summed E-state index contributed by atoms with van der Waals surface area (Å²) < 4.78 is 0. The molecule has 0 radical (unpaired) electrons. The number of hydrogen-bond donors (Lipinski definition) is 2. The second kappa shape index (κ2) is 7.21. The van der Waals surface area contributed by atoms with Gasteiger partial charge in [-0.3, -0.25) is 0 Å². The van der Waals surface area contributed by atoms with Gasteiger partial charge in [0.1, 0.15) is 0 Å². The number of rotatable bonds is 8. The number of aliphatic hydroxyl groups excluding tert-OH is 1. The molecule has 3 heteroatoms. The van der Waals surface area contributed by atoms with E-state index in [-0.39, 0.29) is 12.0 Å². The van der Waals surface area contributed by atoms with Gasteiger partial charge in [0.2, 0.25) is 0 Å². The summed E-state index contributed by atoms with van der Waals surface area (Å²) in [5.41, 5.74) is 0.0537. The van der Waals surface area contributed by atoms with Gasteiger partial charge in [-0.05, 0) is 40.0 Å². The van der Waals surface area contributed by atoms with E-state index < -0.39 is 0 Å². The third-order valence-corrected chi connectivity index (χ3v) is 2.75. The minimum atomic E-state index is 0.0537. The molecule has 0 amide bonds. The average molecular weight is 202 g/mol. The molecule has 1 unspecified atom stereocenters. The monoisotopic (exact) mass is 202 g/mol. The Labute approximate surface area is 88.5 Å².